The molecule has 0 aliphatic carbocycles. The molecule has 0 radical (unpaired) electrons. The van der Waals surface area contributed by atoms with Crippen molar-refractivity contribution >= 4 is 44.5 Å². The van der Waals surface area contributed by atoms with Gasteiger partial charge in [0.05, 0.1) is 15.8 Å². The van der Waals surface area contributed by atoms with Crippen LogP contribution in [0.5, 0.6) is 0 Å². The van der Waals surface area contributed by atoms with Crippen LogP contribution in [0.2, 0.25) is 0 Å². The van der Waals surface area contributed by atoms with Gasteiger partial charge in [0, 0.05) is 5.69 Å². The predicted octanol–water partition coefficient (Wildman–Crippen LogP) is 5.03. The zero-order valence-corrected chi connectivity index (χ0v) is 15.7. The molecule has 0 spiro atoms. The quantitative estimate of drug-likeness (QED) is 0.605. The molecule has 0 fully saturated rings. The van der Waals surface area contributed by atoms with Crippen LogP contribution in [0.3, 0.4) is 0 Å². The molecule has 1 heterocycles. The minimum Gasteiger partial charge on any atom is -0.386 e. The summed E-state index contributed by atoms with van der Waals surface area (Å²) in [7, 11) is 0. The van der Waals surface area contributed by atoms with Crippen molar-refractivity contribution in [1.29, 1.82) is 0 Å². The highest BCUT2D eigenvalue weighted by molar-refractivity contribution is 7.22. The lowest BCUT2D eigenvalue weighted by Gasteiger charge is -2.09. The van der Waals surface area contributed by atoms with Crippen molar-refractivity contribution in [3.63, 3.8) is 0 Å². The maximum Gasteiger partial charge on any atom is 0.325 e. The number of rotatable bonds is 4. The molecular formula is C20H21N3O2S. The number of aryl methyl sites for hydroxylation is 1. The smallest absolute Gasteiger partial charge is 0.325 e. The molecule has 1 aromatic heterocycles. The van der Waals surface area contributed by atoms with Gasteiger partial charge >= 0.3 is 6.03 Å². The average Bonchev–Trinajstić information content (AvgIpc) is 2.95. The summed E-state index contributed by atoms with van der Waals surface area (Å²) in [4.78, 5) is 16.6. The Morgan fingerprint density at radius 3 is 2.58 bits per heavy atom. The number of nitrogens with zero attached hydrogens (tertiary/aromatic N) is 1. The van der Waals surface area contributed by atoms with E-state index >= 15 is 0 Å². The molecule has 0 unspecified atom stereocenters. The minimum absolute atomic E-state index is 0.324. The zero-order chi connectivity index (χ0) is 18.7. The third kappa shape index (κ3) is 4.91. The molecular weight excluding hydrogens is 346 g/mol. The summed E-state index contributed by atoms with van der Waals surface area (Å²) in [6.45, 7) is 5.45. The van der Waals surface area contributed by atoms with Gasteiger partial charge in [-0.05, 0) is 50.6 Å². The first-order chi connectivity index (χ1) is 12.3. The Morgan fingerprint density at radius 2 is 1.88 bits per heavy atom. The Morgan fingerprint density at radius 1 is 1.15 bits per heavy atom. The van der Waals surface area contributed by atoms with Gasteiger partial charge in [0.1, 0.15) is 0 Å². The number of benzene rings is 2. The highest BCUT2D eigenvalue weighted by Crippen LogP contribution is 2.27. The van der Waals surface area contributed by atoms with Crippen molar-refractivity contribution in [1.82, 2.24) is 4.98 Å². The van der Waals surface area contributed by atoms with Gasteiger partial charge in [-0.15, -0.1) is 0 Å². The number of amides is 2. The van der Waals surface area contributed by atoms with Gasteiger partial charge in [0.2, 0.25) is 0 Å². The number of fused-ring (bicyclic) bond motifs is 1. The Hall–Kier alpha value is -2.70. The van der Waals surface area contributed by atoms with Gasteiger partial charge in [-0.1, -0.05) is 47.3 Å². The van der Waals surface area contributed by atoms with E-state index in [1.165, 1.54) is 11.3 Å². The second-order valence-electron chi connectivity index (χ2n) is 6.68. The van der Waals surface area contributed by atoms with Crippen molar-refractivity contribution in [3.05, 3.63) is 59.7 Å². The van der Waals surface area contributed by atoms with Gasteiger partial charge in [-0.2, -0.15) is 0 Å². The van der Waals surface area contributed by atoms with E-state index in [2.05, 4.69) is 15.6 Å². The third-order valence-corrected chi connectivity index (χ3v) is 4.56. The number of urea groups is 1. The zero-order valence-electron chi connectivity index (χ0n) is 14.9. The Kier molecular flexibility index (Phi) is 5.06. The van der Waals surface area contributed by atoms with E-state index in [0.29, 0.717) is 5.13 Å². The number of hydrogen-bond acceptors (Lipinski definition) is 4. The first-order valence-electron chi connectivity index (χ1n) is 8.25. The number of carbonyl (C=O) groups is 1. The summed E-state index contributed by atoms with van der Waals surface area (Å²) in [6.07, 6.45) is 3.61. The van der Waals surface area contributed by atoms with Crippen LogP contribution in [0, 0.1) is 6.92 Å². The lowest BCUT2D eigenvalue weighted by Crippen LogP contribution is -2.19. The maximum absolute atomic E-state index is 12.1. The van der Waals surface area contributed by atoms with Crippen molar-refractivity contribution in [2.24, 2.45) is 0 Å². The molecule has 26 heavy (non-hydrogen) atoms. The predicted molar refractivity (Wildman–Crippen MR) is 109 cm³/mol. The van der Waals surface area contributed by atoms with Crippen LogP contribution in [0.25, 0.3) is 16.3 Å². The number of aliphatic hydroxyl groups is 1. The van der Waals surface area contributed by atoms with E-state index < -0.39 is 5.60 Å². The fourth-order valence-corrected chi connectivity index (χ4v) is 3.20. The van der Waals surface area contributed by atoms with E-state index in [4.69, 9.17) is 0 Å². The van der Waals surface area contributed by atoms with Crippen LogP contribution in [0.4, 0.5) is 15.6 Å². The molecule has 0 atom stereocenters. The summed E-state index contributed by atoms with van der Waals surface area (Å²) >= 11 is 1.41. The van der Waals surface area contributed by atoms with Crippen LogP contribution in [-0.4, -0.2) is 21.7 Å². The molecule has 0 saturated heterocycles. The second kappa shape index (κ2) is 7.27. The lowest BCUT2D eigenvalue weighted by atomic mass is 10.1. The Bertz CT molecular complexity index is 953. The van der Waals surface area contributed by atoms with Crippen molar-refractivity contribution in [3.8, 4) is 0 Å². The van der Waals surface area contributed by atoms with Crippen LogP contribution in [-0.2, 0) is 0 Å². The number of hydrogen-bond donors (Lipinski definition) is 3. The molecule has 134 valence electrons. The van der Waals surface area contributed by atoms with Crippen molar-refractivity contribution < 1.29 is 9.90 Å². The maximum atomic E-state index is 12.1. The van der Waals surface area contributed by atoms with Gasteiger partial charge in [0.25, 0.3) is 0 Å². The Balaban J connectivity index is 1.71. The largest absolute Gasteiger partial charge is 0.386 e. The van der Waals surface area contributed by atoms with Gasteiger partial charge in [-0.25, -0.2) is 9.78 Å². The van der Waals surface area contributed by atoms with Crippen LogP contribution in [0.1, 0.15) is 25.0 Å². The monoisotopic (exact) mass is 367 g/mol. The summed E-state index contributed by atoms with van der Waals surface area (Å²) in [5, 5.41) is 15.9. The van der Waals surface area contributed by atoms with Crippen molar-refractivity contribution in [2.75, 3.05) is 10.6 Å². The molecule has 0 aliphatic rings. The highest BCUT2D eigenvalue weighted by Gasteiger charge is 2.09. The summed E-state index contributed by atoms with van der Waals surface area (Å²) in [5.41, 5.74) is 2.80. The second-order valence-corrected chi connectivity index (χ2v) is 7.71. The fourth-order valence-electron chi connectivity index (χ4n) is 2.29. The number of thiazole rings is 1. The molecule has 3 aromatic rings. The topological polar surface area (TPSA) is 74.2 Å². The van der Waals surface area contributed by atoms with E-state index in [9.17, 15) is 9.90 Å². The van der Waals surface area contributed by atoms with E-state index in [1.54, 1.807) is 19.9 Å². The van der Waals surface area contributed by atoms with E-state index in [1.807, 2.05) is 55.5 Å². The first kappa shape index (κ1) is 18.1. The first-order valence-corrected chi connectivity index (χ1v) is 9.07. The Labute approximate surface area is 156 Å². The van der Waals surface area contributed by atoms with Crippen LogP contribution in [0.15, 0.2) is 48.5 Å². The fraction of sp³-hybridized carbons (Fsp3) is 0.200. The molecule has 5 nitrogen and oxygen atoms in total. The molecule has 2 aromatic carbocycles. The molecule has 0 aliphatic heterocycles. The normalized spacial score (nSPS) is 11.8. The molecule has 0 saturated carbocycles. The molecule has 6 heteroatoms. The lowest BCUT2D eigenvalue weighted by molar-refractivity contribution is 0.134. The summed E-state index contributed by atoms with van der Waals surface area (Å²) in [5.74, 6) is 0. The van der Waals surface area contributed by atoms with E-state index in [-0.39, 0.29) is 6.03 Å². The number of aromatic nitrogens is 1. The van der Waals surface area contributed by atoms with Gasteiger partial charge < -0.3 is 10.4 Å². The number of anilines is 2. The van der Waals surface area contributed by atoms with Crippen LogP contribution >= 0.6 is 11.3 Å². The standard InChI is InChI=1S/C20H21N3O2S/c1-13-4-7-15(8-5-13)21-18(24)23-19-22-16-9-6-14(12-17(16)26-19)10-11-20(2,3)25/h4-12,25H,1-3H3,(H2,21,22,23,24)/b11-10+. The van der Waals surface area contributed by atoms with Gasteiger partial charge in [-0.3, -0.25) is 5.32 Å². The number of carbonyl (C=O) groups excluding carboxylic acids is 1. The van der Waals surface area contributed by atoms with Crippen LogP contribution < -0.4 is 10.6 Å². The third-order valence-electron chi connectivity index (χ3n) is 3.63. The number of nitrogens with one attached hydrogen (secondary N) is 2. The summed E-state index contributed by atoms with van der Waals surface area (Å²) in [6, 6.07) is 13.1. The summed E-state index contributed by atoms with van der Waals surface area (Å²) < 4.78 is 0.966. The van der Waals surface area contributed by atoms with Gasteiger partial charge in [0.15, 0.2) is 5.13 Å². The van der Waals surface area contributed by atoms with E-state index in [0.717, 1.165) is 27.0 Å². The molecule has 3 rings (SSSR count). The molecule has 2 amide bonds. The minimum atomic E-state index is -0.858. The average molecular weight is 367 g/mol. The SMILES string of the molecule is Cc1ccc(NC(=O)Nc2nc3ccc(/C=C/C(C)(C)O)cc3s2)cc1. The molecule has 0 bridgehead atoms. The molecule has 3 N–H and O–H groups in total. The highest BCUT2D eigenvalue weighted by atomic mass is 32.1. The van der Waals surface area contributed by atoms with Crippen molar-refractivity contribution in [2.45, 2.75) is 26.4 Å².